The second-order valence-electron chi connectivity index (χ2n) is 7.07. The molecule has 1 rings (SSSR count). The Morgan fingerprint density at radius 3 is 1.79 bits per heavy atom. The van der Waals surface area contributed by atoms with Crippen LogP contribution in [0.4, 0.5) is 26.3 Å². The van der Waals surface area contributed by atoms with Gasteiger partial charge in [-0.3, -0.25) is 0 Å². The largest absolute Gasteiger partial charge is 0.462 e. The van der Waals surface area contributed by atoms with Gasteiger partial charge >= 0.3 is 18.3 Å². The molecule has 0 atom stereocenters. The van der Waals surface area contributed by atoms with Crippen molar-refractivity contribution in [1.82, 2.24) is 0 Å². The molecule has 0 heterocycles. The normalized spacial score (nSPS) is 12.2. The van der Waals surface area contributed by atoms with Crippen LogP contribution in [0.1, 0.15) is 92.6 Å². The number of unbranched alkanes of at least 4 members (excludes halogenated alkanes) is 9. The van der Waals surface area contributed by atoms with Crippen LogP contribution in [0.5, 0.6) is 0 Å². The maximum absolute atomic E-state index is 13.0. The first-order valence-electron chi connectivity index (χ1n) is 10.0. The predicted octanol–water partition coefficient (Wildman–Crippen LogP) is 7.80. The minimum absolute atomic E-state index is 0.122. The molecule has 0 spiro atoms. The van der Waals surface area contributed by atoms with Gasteiger partial charge in [-0.25, -0.2) is 4.79 Å². The maximum Gasteiger partial charge on any atom is 0.417 e. The third-order valence-electron chi connectivity index (χ3n) is 4.60. The SMILES string of the molecule is CCCCCCCCCCCCOC(=O)c1cc(C(F)(F)F)ccc1C(F)(F)F. The van der Waals surface area contributed by atoms with Gasteiger partial charge in [0.1, 0.15) is 0 Å². The molecule has 0 bridgehead atoms. The molecule has 0 saturated heterocycles. The third kappa shape index (κ3) is 9.54. The first-order valence-corrected chi connectivity index (χ1v) is 10.0. The van der Waals surface area contributed by atoms with Gasteiger partial charge in [-0.2, -0.15) is 26.3 Å². The van der Waals surface area contributed by atoms with Gasteiger partial charge in [0.2, 0.25) is 0 Å². The van der Waals surface area contributed by atoms with E-state index in [-0.39, 0.29) is 18.7 Å². The zero-order valence-corrected chi connectivity index (χ0v) is 16.6. The van der Waals surface area contributed by atoms with Crippen LogP contribution in [0.25, 0.3) is 0 Å². The molecule has 0 saturated carbocycles. The lowest BCUT2D eigenvalue weighted by Crippen LogP contribution is -2.17. The van der Waals surface area contributed by atoms with Gasteiger partial charge in [0.25, 0.3) is 0 Å². The smallest absolute Gasteiger partial charge is 0.417 e. The first kappa shape index (κ1) is 25.3. The molecule has 0 aliphatic rings. The Morgan fingerprint density at radius 2 is 1.31 bits per heavy atom. The van der Waals surface area contributed by atoms with Crippen molar-refractivity contribution in [3.8, 4) is 0 Å². The zero-order chi connectivity index (χ0) is 21.9. The number of carbonyl (C=O) groups is 1. The van der Waals surface area contributed by atoms with Crippen molar-refractivity contribution in [3.63, 3.8) is 0 Å². The molecule has 2 nitrogen and oxygen atoms in total. The van der Waals surface area contributed by atoms with E-state index in [1.54, 1.807) is 0 Å². The number of alkyl halides is 6. The summed E-state index contributed by atoms with van der Waals surface area (Å²) in [6.07, 6.45) is 0.537. The highest BCUT2D eigenvalue weighted by molar-refractivity contribution is 5.91. The monoisotopic (exact) mass is 426 g/mol. The Kier molecular flexibility index (Phi) is 10.5. The quantitative estimate of drug-likeness (QED) is 0.194. The van der Waals surface area contributed by atoms with E-state index >= 15 is 0 Å². The van der Waals surface area contributed by atoms with Crippen molar-refractivity contribution in [2.75, 3.05) is 6.61 Å². The topological polar surface area (TPSA) is 26.3 Å². The standard InChI is InChI=1S/C21H28F6O2/c1-2-3-4-5-6-7-8-9-10-11-14-29-19(28)17-15-16(20(22,23)24)12-13-18(17)21(25,26)27/h12-13,15H,2-11,14H2,1H3. The summed E-state index contributed by atoms with van der Waals surface area (Å²) in [6, 6.07) is 0.769. The van der Waals surface area contributed by atoms with Crippen LogP contribution in [0, 0.1) is 0 Å². The summed E-state index contributed by atoms with van der Waals surface area (Å²) >= 11 is 0. The fraction of sp³-hybridized carbons (Fsp3) is 0.667. The summed E-state index contributed by atoms with van der Waals surface area (Å²) in [5, 5.41) is 0. The molecule has 0 unspecified atom stereocenters. The van der Waals surface area contributed by atoms with Crippen molar-refractivity contribution in [3.05, 3.63) is 34.9 Å². The lowest BCUT2D eigenvalue weighted by molar-refractivity contribution is -0.141. The van der Waals surface area contributed by atoms with Crippen LogP contribution in [0.15, 0.2) is 18.2 Å². The van der Waals surface area contributed by atoms with Crippen LogP contribution in [-0.4, -0.2) is 12.6 Å². The summed E-state index contributed by atoms with van der Waals surface area (Å²) in [5.41, 5.74) is -3.87. The molecule has 8 heteroatoms. The van der Waals surface area contributed by atoms with E-state index < -0.39 is 35.0 Å². The summed E-state index contributed by atoms with van der Waals surface area (Å²) in [7, 11) is 0. The predicted molar refractivity (Wildman–Crippen MR) is 98.6 cm³/mol. The molecular weight excluding hydrogens is 398 g/mol. The lowest BCUT2D eigenvalue weighted by atomic mass is 10.0. The zero-order valence-electron chi connectivity index (χ0n) is 16.6. The summed E-state index contributed by atoms with van der Waals surface area (Å²) in [5.74, 6) is -1.39. The first-order chi connectivity index (χ1) is 13.6. The number of carbonyl (C=O) groups excluding carboxylic acids is 1. The maximum atomic E-state index is 13.0. The Bertz CT molecular complexity index is 623. The Balaban J connectivity index is 2.45. The van der Waals surface area contributed by atoms with Crippen molar-refractivity contribution in [1.29, 1.82) is 0 Å². The summed E-state index contributed by atoms with van der Waals surface area (Å²) in [6.45, 7) is 2.03. The minimum Gasteiger partial charge on any atom is -0.462 e. The van der Waals surface area contributed by atoms with Gasteiger partial charge in [0, 0.05) is 0 Å². The van der Waals surface area contributed by atoms with E-state index in [0.29, 0.717) is 12.5 Å². The number of esters is 1. The fourth-order valence-corrected chi connectivity index (χ4v) is 2.97. The second kappa shape index (κ2) is 12.1. The van der Waals surface area contributed by atoms with E-state index in [9.17, 15) is 31.1 Å². The van der Waals surface area contributed by atoms with Gasteiger partial charge in [0.15, 0.2) is 0 Å². The van der Waals surface area contributed by atoms with E-state index in [2.05, 4.69) is 6.92 Å². The number of rotatable bonds is 12. The molecule has 0 amide bonds. The van der Waals surface area contributed by atoms with E-state index in [0.717, 1.165) is 25.7 Å². The van der Waals surface area contributed by atoms with Gasteiger partial charge < -0.3 is 4.74 Å². The Morgan fingerprint density at radius 1 is 0.793 bits per heavy atom. The third-order valence-corrected chi connectivity index (χ3v) is 4.60. The van der Waals surface area contributed by atoms with Crippen LogP contribution < -0.4 is 0 Å². The Labute approximate surface area is 167 Å². The molecule has 0 fully saturated rings. The van der Waals surface area contributed by atoms with E-state index in [4.69, 9.17) is 4.74 Å². The van der Waals surface area contributed by atoms with Gasteiger partial charge in [0.05, 0.1) is 23.3 Å². The van der Waals surface area contributed by atoms with Gasteiger partial charge in [-0.15, -0.1) is 0 Å². The van der Waals surface area contributed by atoms with E-state index in [1.165, 1.54) is 32.1 Å². The lowest BCUT2D eigenvalue weighted by Gasteiger charge is -2.15. The number of halogens is 6. The van der Waals surface area contributed by atoms with Crippen LogP contribution >= 0.6 is 0 Å². The summed E-state index contributed by atoms with van der Waals surface area (Å²) in [4.78, 5) is 12.0. The number of hydrogen-bond acceptors (Lipinski definition) is 2. The van der Waals surface area contributed by atoms with Crippen LogP contribution in [0.3, 0.4) is 0 Å². The molecule has 1 aromatic rings. The molecule has 29 heavy (non-hydrogen) atoms. The minimum atomic E-state index is -4.95. The van der Waals surface area contributed by atoms with Crippen molar-refractivity contribution in [2.24, 2.45) is 0 Å². The fourth-order valence-electron chi connectivity index (χ4n) is 2.97. The highest BCUT2D eigenvalue weighted by atomic mass is 19.4. The molecule has 0 aromatic heterocycles. The molecule has 1 aromatic carbocycles. The van der Waals surface area contributed by atoms with Crippen molar-refractivity contribution in [2.45, 2.75) is 83.5 Å². The molecule has 0 N–H and O–H groups in total. The van der Waals surface area contributed by atoms with Crippen LogP contribution in [-0.2, 0) is 17.1 Å². The van der Waals surface area contributed by atoms with Gasteiger partial charge in [-0.05, 0) is 24.6 Å². The Hall–Kier alpha value is -1.73. The average molecular weight is 426 g/mol. The molecule has 0 aliphatic carbocycles. The number of ether oxygens (including phenoxy) is 1. The van der Waals surface area contributed by atoms with Gasteiger partial charge in [-0.1, -0.05) is 64.7 Å². The second-order valence-corrected chi connectivity index (χ2v) is 7.07. The van der Waals surface area contributed by atoms with Crippen molar-refractivity contribution < 1.29 is 35.9 Å². The number of hydrogen-bond donors (Lipinski definition) is 0. The van der Waals surface area contributed by atoms with Crippen molar-refractivity contribution >= 4 is 5.97 Å². The number of benzene rings is 1. The average Bonchev–Trinajstić information content (AvgIpc) is 2.64. The highest BCUT2D eigenvalue weighted by Gasteiger charge is 2.39. The highest BCUT2D eigenvalue weighted by Crippen LogP contribution is 2.36. The molecular formula is C21H28F6O2. The van der Waals surface area contributed by atoms with Crippen LogP contribution in [0.2, 0.25) is 0 Å². The molecule has 0 radical (unpaired) electrons. The molecule has 166 valence electrons. The summed E-state index contributed by atoms with van der Waals surface area (Å²) < 4.78 is 82.1. The molecule has 0 aliphatic heterocycles. The van der Waals surface area contributed by atoms with E-state index in [1.807, 2.05) is 0 Å².